The van der Waals surface area contributed by atoms with Crippen LogP contribution in [-0.4, -0.2) is 19.0 Å². The van der Waals surface area contributed by atoms with Crippen molar-refractivity contribution >= 4 is 22.9 Å². The minimum Gasteiger partial charge on any atom is -0.321 e. The van der Waals surface area contributed by atoms with E-state index in [9.17, 15) is 13.6 Å². The van der Waals surface area contributed by atoms with Gasteiger partial charge in [-0.15, -0.1) is 11.3 Å². The van der Waals surface area contributed by atoms with Crippen LogP contribution < -0.4 is 10.2 Å². The van der Waals surface area contributed by atoms with E-state index in [-0.39, 0.29) is 24.2 Å². The van der Waals surface area contributed by atoms with E-state index < -0.39 is 11.6 Å². The molecule has 0 fully saturated rings. The predicted molar refractivity (Wildman–Crippen MR) is 82.1 cm³/mol. The Balaban J connectivity index is 1.68. The molecule has 1 aliphatic rings. The van der Waals surface area contributed by atoms with E-state index in [2.05, 4.69) is 23.7 Å². The standard InChI is InChI=1S/C16H16F2N2OS/c1-10-11-6-8-22-14(11)5-7-20(10)9-15(21)19-16-12(17)3-2-4-13(16)18/h2-4,6,8,10H,5,7,9H2,1H3,(H,19,21)/p+1/t10-/m1/s1. The maximum Gasteiger partial charge on any atom is 0.279 e. The molecule has 3 nitrogen and oxygen atoms in total. The second kappa shape index (κ2) is 6.14. The van der Waals surface area contributed by atoms with Crippen molar-refractivity contribution in [1.29, 1.82) is 0 Å². The molecule has 0 spiro atoms. The van der Waals surface area contributed by atoms with Crippen molar-refractivity contribution in [3.05, 3.63) is 51.7 Å². The summed E-state index contributed by atoms with van der Waals surface area (Å²) in [6.45, 7) is 3.13. The molecule has 116 valence electrons. The number of hydrogen-bond donors (Lipinski definition) is 2. The summed E-state index contributed by atoms with van der Waals surface area (Å²) in [5.41, 5.74) is 0.906. The highest BCUT2D eigenvalue weighted by molar-refractivity contribution is 7.10. The second-order valence-corrected chi connectivity index (χ2v) is 6.50. The Labute approximate surface area is 131 Å². The minimum atomic E-state index is -0.754. The molecule has 2 heterocycles. The highest BCUT2D eigenvalue weighted by atomic mass is 32.1. The summed E-state index contributed by atoms with van der Waals surface area (Å²) < 4.78 is 27.1. The normalized spacial score (nSPS) is 20.5. The van der Waals surface area contributed by atoms with E-state index in [0.717, 1.165) is 30.0 Å². The molecule has 2 atom stereocenters. The molecule has 0 bridgehead atoms. The minimum absolute atomic E-state index is 0.199. The Bertz CT molecular complexity index is 681. The number of fused-ring (bicyclic) bond motifs is 1. The van der Waals surface area contributed by atoms with E-state index in [1.165, 1.54) is 16.5 Å². The molecular formula is C16H17F2N2OS+. The van der Waals surface area contributed by atoms with Crippen LogP contribution in [0.4, 0.5) is 14.5 Å². The first kappa shape index (κ1) is 15.1. The van der Waals surface area contributed by atoms with Gasteiger partial charge in [-0.1, -0.05) is 6.07 Å². The number of rotatable bonds is 3. The van der Waals surface area contributed by atoms with Gasteiger partial charge in [0.1, 0.15) is 23.4 Å². The first-order valence-corrected chi connectivity index (χ1v) is 8.09. The van der Waals surface area contributed by atoms with Crippen LogP contribution in [0, 0.1) is 11.6 Å². The molecular weight excluding hydrogens is 306 g/mol. The van der Waals surface area contributed by atoms with Gasteiger partial charge in [0.2, 0.25) is 0 Å². The summed E-state index contributed by atoms with van der Waals surface area (Å²) >= 11 is 1.74. The molecule has 0 radical (unpaired) electrons. The molecule has 2 N–H and O–H groups in total. The number of halogens is 2. The van der Waals surface area contributed by atoms with E-state index >= 15 is 0 Å². The van der Waals surface area contributed by atoms with Crippen LogP contribution in [0.5, 0.6) is 0 Å². The summed E-state index contributed by atoms with van der Waals surface area (Å²) in [5, 5.41) is 4.43. The third kappa shape index (κ3) is 2.89. The summed E-state index contributed by atoms with van der Waals surface area (Å²) in [7, 11) is 0. The van der Waals surface area contributed by atoms with Crippen LogP contribution in [0.15, 0.2) is 29.6 Å². The molecule has 1 unspecified atom stereocenters. The zero-order chi connectivity index (χ0) is 15.7. The Morgan fingerprint density at radius 3 is 2.82 bits per heavy atom. The number of carbonyl (C=O) groups excluding carboxylic acids is 1. The van der Waals surface area contributed by atoms with Crippen LogP contribution in [-0.2, 0) is 11.2 Å². The van der Waals surface area contributed by atoms with Crippen LogP contribution in [0.3, 0.4) is 0 Å². The van der Waals surface area contributed by atoms with Crippen LogP contribution in [0.1, 0.15) is 23.4 Å². The van der Waals surface area contributed by atoms with Gasteiger partial charge in [-0.3, -0.25) is 4.79 Å². The predicted octanol–water partition coefficient (Wildman–Crippen LogP) is 2.17. The van der Waals surface area contributed by atoms with E-state index in [1.54, 1.807) is 11.3 Å². The molecule has 1 aliphatic heterocycles. The molecule has 0 saturated heterocycles. The molecule has 22 heavy (non-hydrogen) atoms. The van der Waals surface area contributed by atoms with E-state index in [0.29, 0.717) is 0 Å². The van der Waals surface area contributed by atoms with Gasteiger partial charge in [0, 0.05) is 16.9 Å². The number of quaternary nitrogens is 1. The summed E-state index contributed by atoms with van der Waals surface area (Å²) in [6.07, 6.45) is 0.939. The second-order valence-electron chi connectivity index (χ2n) is 5.50. The van der Waals surface area contributed by atoms with Gasteiger partial charge in [-0.2, -0.15) is 0 Å². The fourth-order valence-electron chi connectivity index (χ4n) is 2.90. The average Bonchev–Trinajstić information content (AvgIpc) is 2.95. The molecule has 0 aliphatic carbocycles. The van der Waals surface area contributed by atoms with Crippen molar-refractivity contribution < 1.29 is 18.5 Å². The number of amides is 1. The van der Waals surface area contributed by atoms with Crippen molar-refractivity contribution in [2.75, 3.05) is 18.4 Å². The van der Waals surface area contributed by atoms with Crippen molar-refractivity contribution in [2.45, 2.75) is 19.4 Å². The lowest BCUT2D eigenvalue weighted by molar-refractivity contribution is -0.923. The molecule has 1 amide bonds. The largest absolute Gasteiger partial charge is 0.321 e. The zero-order valence-corrected chi connectivity index (χ0v) is 13.0. The van der Waals surface area contributed by atoms with Gasteiger partial charge in [-0.05, 0) is 30.5 Å². The Hall–Kier alpha value is -1.79. The Kier molecular flexibility index (Phi) is 4.22. The van der Waals surface area contributed by atoms with E-state index in [1.807, 2.05) is 0 Å². The molecule has 2 aromatic rings. The Morgan fingerprint density at radius 2 is 2.09 bits per heavy atom. The summed E-state index contributed by atoms with van der Waals surface area (Å²) in [4.78, 5) is 14.6. The highest BCUT2D eigenvalue weighted by Crippen LogP contribution is 2.24. The van der Waals surface area contributed by atoms with E-state index in [4.69, 9.17) is 0 Å². The van der Waals surface area contributed by atoms with Gasteiger partial charge in [-0.25, -0.2) is 8.78 Å². The monoisotopic (exact) mass is 323 g/mol. The zero-order valence-electron chi connectivity index (χ0n) is 12.2. The van der Waals surface area contributed by atoms with Gasteiger partial charge in [0.15, 0.2) is 6.54 Å². The van der Waals surface area contributed by atoms with Gasteiger partial charge >= 0.3 is 0 Å². The topological polar surface area (TPSA) is 33.5 Å². The van der Waals surface area contributed by atoms with Gasteiger partial charge in [0.05, 0.1) is 6.54 Å². The SMILES string of the molecule is C[C@@H]1c2ccsc2CC[NH+]1CC(=O)Nc1c(F)cccc1F. The summed E-state index contributed by atoms with van der Waals surface area (Å²) in [6, 6.07) is 5.85. The average molecular weight is 323 g/mol. The number of benzene rings is 1. The number of carbonyl (C=O) groups is 1. The lowest BCUT2D eigenvalue weighted by atomic mass is 10.0. The molecule has 0 saturated carbocycles. The third-order valence-electron chi connectivity index (χ3n) is 4.15. The third-order valence-corrected chi connectivity index (χ3v) is 5.14. The van der Waals surface area contributed by atoms with Crippen molar-refractivity contribution in [3.8, 4) is 0 Å². The number of hydrogen-bond acceptors (Lipinski definition) is 2. The van der Waals surface area contributed by atoms with Crippen LogP contribution in [0.25, 0.3) is 0 Å². The molecule has 6 heteroatoms. The molecule has 3 rings (SSSR count). The van der Waals surface area contributed by atoms with Crippen LogP contribution >= 0.6 is 11.3 Å². The maximum absolute atomic E-state index is 13.6. The van der Waals surface area contributed by atoms with Crippen molar-refractivity contribution in [1.82, 2.24) is 0 Å². The molecule has 1 aromatic heterocycles. The summed E-state index contributed by atoms with van der Waals surface area (Å²) in [5.74, 6) is -1.88. The number of anilines is 1. The van der Waals surface area contributed by atoms with Crippen molar-refractivity contribution in [3.63, 3.8) is 0 Å². The van der Waals surface area contributed by atoms with Gasteiger partial charge in [0.25, 0.3) is 5.91 Å². The number of nitrogens with one attached hydrogen (secondary N) is 2. The van der Waals surface area contributed by atoms with Gasteiger partial charge < -0.3 is 10.2 Å². The number of thiophene rings is 1. The number of para-hydroxylation sites is 1. The van der Waals surface area contributed by atoms with Crippen LogP contribution in [0.2, 0.25) is 0 Å². The highest BCUT2D eigenvalue weighted by Gasteiger charge is 2.30. The first-order chi connectivity index (χ1) is 10.6. The quantitative estimate of drug-likeness (QED) is 0.892. The smallest absolute Gasteiger partial charge is 0.279 e. The maximum atomic E-state index is 13.6. The lowest BCUT2D eigenvalue weighted by Crippen LogP contribution is -3.14. The lowest BCUT2D eigenvalue weighted by Gasteiger charge is -2.29. The molecule has 1 aromatic carbocycles. The van der Waals surface area contributed by atoms with Crippen molar-refractivity contribution in [2.24, 2.45) is 0 Å². The first-order valence-electron chi connectivity index (χ1n) is 7.21. The fourth-order valence-corrected chi connectivity index (χ4v) is 3.88. The fraction of sp³-hybridized carbons (Fsp3) is 0.312. The Morgan fingerprint density at radius 1 is 1.36 bits per heavy atom.